The SMILES string of the molecule is S=C(Nc1nc(Oc2ccccc2)cc(N2CCCCC2)n1)NC1CCCCC1. The van der Waals surface area contributed by atoms with Crippen LogP contribution in [0.5, 0.6) is 11.6 Å². The minimum Gasteiger partial charge on any atom is -0.439 e. The van der Waals surface area contributed by atoms with Gasteiger partial charge >= 0.3 is 0 Å². The molecule has 0 spiro atoms. The van der Waals surface area contributed by atoms with E-state index >= 15 is 0 Å². The maximum Gasteiger partial charge on any atom is 0.234 e. The molecule has 0 bridgehead atoms. The smallest absolute Gasteiger partial charge is 0.234 e. The van der Waals surface area contributed by atoms with Crippen LogP contribution in [0.4, 0.5) is 11.8 Å². The van der Waals surface area contributed by atoms with Gasteiger partial charge in [0.1, 0.15) is 11.6 Å². The van der Waals surface area contributed by atoms with Gasteiger partial charge in [-0.1, -0.05) is 37.5 Å². The maximum absolute atomic E-state index is 6.00. The Hall–Kier alpha value is -2.41. The highest BCUT2D eigenvalue weighted by Crippen LogP contribution is 2.26. The first-order chi connectivity index (χ1) is 14.3. The molecule has 29 heavy (non-hydrogen) atoms. The predicted molar refractivity (Wildman–Crippen MR) is 121 cm³/mol. The first-order valence-corrected chi connectivity index (χ1v) is 11.1. The summed E-state index contributed by atoms with van der Waals surface area (Å²) in [4.78, 5) is 11.6. The fraction of sp³-hybridized carbons (Fsp3) is 0.500. The molecule has 0 radical (unpaired) electrons. The lowest BCUT2D eigenvalue weighted by Gasteiger charge is -2.28. The van der Waals surface area contributed by atoms with Gasteiger partial charge in [0.05, 0.1) is 0 Å². The zero-order chi connectivity index (χ0) is 19.9. The monoisotopic (exact) mass is 411 g/mol. The number of anilines is 2. The van der Waals surface area contributed by atoms with E-state index in [-0.39, 0.29) is 0 Å². The van der Waals surface area contributed by atoms with Crippen molar-refractivity contribution in [3.05, 3.63) is 36.4 Å². The maximum atomic E-state index is 6.00. The van der Waals surface area contributed by atoms with Gasteiger partial charge in [-0.25, -0.2) is 0 Å². The van der Waals surface area contributed by atoms with Crippen LogP contribution < -0.4 is 20.3 Å². The molecule has 6 nitrogen and oxygen atoms in total. The van der Waals surface area contributed by atoms with E-state index < -0.39 is 0 Å². The lowest BCUT2D eigenvalue weighted by atomic mass is 9.96. The van der Waals surface area contributed by atoms with Gasteiger partial charge in [0.25, 0.3) is 0 Å². The molecule has 0 amide bonds. The summed E-state index contributed by atoms with van der Waals surface area (Å²) in [5.74, 6) is 2.64. The van der Waals surface area contributed by atoms with Gasteiger partial charge in [0.15, 0.2) is 5.11 Å². The molecule has 2 heterocycles. The zero-order valence-corrected chi connectivity index (χ0v) is 17.6. The second-order valence-electron chi connectivity index (χ2n) is 7.78. The van der Waals surface area contributed by atoms with E-state index in [4.69, 9.17) is 21.9 Å². The molecule has 4 rings (SSSR count). The summed E-state index contributed by atoms with van der Waals surface area (Å²) in [5.41, 5.74) is 0. The van der Waals surface area contributed by atoms with Crippen molar-refractivity contribution >= 4 is 29.1 Å². The van der Waals surface area contributed by atoms with Gasteiger partial charge in [-0.2, -0.15) is 9.97 Å². The van der Waals surface area contributed by atoms with E-state index in [9.17, 15) is 0 Å². The van der Waals surface area contributed by atoms with Gasteiger partial charge in [-0.3, -0.25) is 0 Å². The van der Waals surface area contributed by atoms with Gasteiger partial charge in [0, 0.05) is 25.2 Å². The normalized spacial score (nSPS) is 17.6. The number of ether oxygens (including phenoxy) is 1. The highest BCUT2D eigenvalue weighted by atomic mass is 32.1. The van der Waals surface area contributed by atoms with Crippen molar-refractivity contribution in [2.45, 2.75) is 57.4 Å². The molecular formula is C22H29N5OS. The highest BCUT2D eigenvalue weighted by molar-refractivity contribution is 7.80. The second-order valence-corrected chi connectivity index (χ2v) is 8.19. The van der Waals surface area contributed by atoms with Gasteiger partial charge in [-0.05, 0) is 56.5 Å². The number of nitrogens with one attached hydrogen (secondary N) is 2. The Morgan fingerprint density at radius 1 is 0.966 bits per heavy atom. The number of hydrogen-bond donors (Lipinski definition) is 2. The van der Waals surface area contributed by atoms with Gasteiger partial charge in [0.2, 0.25) is 11.8 Å². The Morgan fingerprint density at radius 2 is 1.69 bits per heavy atom. The molecule has 2 N–H and O–H groups in total. The lowest BCUT2D eigenvalue weighted by Crippen LogP contribution is -2.39. The second kappa shape index (κ2) is 9.87. The summed E-state index contributed by atoms with van der Waals surface area (Å²) in [6.45, 7) is 2.01. The Labute approximate surface area is 178 Å². The molecule has 2 aromatic rings. The van der Waals surface area contributed by atoms with Crippen LogP contribution in [0.25, 0.3) is 0 Å². The molecule has 2 aliphatic rings. The zero-order valence-electron chi connectivity index (χ0n) is 16.8. The molecule has 0 atom stereocenters. The van der Waals surface area contributed by atoms with Crippen LogP contribution in [-0.4, -0.2) is 34.2 Å². The number of nitrogens with zero attached hydrogens (tertiary/aromatic N) is 3. The Kier molecular flexibility index (Phi) is 6.77. The number of aromatic nitrogens is 2. The molecule has 7 heteroatoms. The molecule has 2 fully saturated rings. The number of hydrogen-bond acceptors (Lipinski definition) is 5. The minimum absolute atomic E-state index is 0.439. The Balaban J connectivity index is 1.50. The summed E-state index contributed by atoms with van der Waals surface area (Å²) < 4.78 is 6.00. The fourth-order valence-corrected chi connectivity index (χ4v) is 4.24. The van der Waals surface area contributed by atoms with Crippen molar-refractivity contribution in [3.63, 3.8) is 0 Å². The summed E-state index contributed by atoms with van der Waals surface area (Å²) in [6.07, 6.45) is 9.81. The van der Waals surface area contributed by atoms with Crippen molar-refractivity contribution in [1.82, 2.24) is 15.3 Å². The van der Waals surface area contributed by atoms with Crippen LogP contribution in [0.1, 0.15) is 51.4 Å². The number of benzene rings is 1. The van der Waals surface area contributed by atoms with Crippen molar-refractivity contribution in [3.8, 4) is 11.6 Å². The van der Waals surface area contributed by atoms with Gasteiger partial charge in [-0.15, -0.1) is 0 Å². The van der Waals surface area contributed by atoms with E-state index in [1.165, 1.54) is 51.4 Å². The number of rotatable bonds is 5. The van der Waals surface area contributed by atoms with Crippen molar-refractivity contribution in [1.29, 1.82) is 0 Å². The third-order valence-electron chi connectivity index (χ3n) is 5.50. The third kappa shape index (κ3) is 5.79. The molecule has 1 aromatic carbocycles. The largest absolute Gasteiger partial charge is 0.439 e. The summed E-state index contributed by atoms with van der Waals surface area (Å²) in [6, 6.07) is 12.1. The molecular weight excluding hydrogens is 382 g/mol. The van der Waals surface area contributed by atoms with E-state index in [0.29, 0.717) is 23.0 Å². The van der Waals surface area contributed by atoms with Crippen LogP contribution in [0.2, 0.25) is 0 Å². The van der Waals surface area contributed by atoms with E-state index in [0.717, 1.165) is 24.7 Å². The summed E-state index contributed by atoms with van der Waals surface area (Å²) in [7, 11) is 0. The highest BCUT2D eigenvalue weighted by Gasteiger charge is 2.18. The molecule has 1 saturated carbocycles. The minimum atomic E-state index is 0.439. The number of thiocarbonyl (C=S) groups is 1. The third-order valence-corrected chi connectivity index (χ3v) is 5.72. The average molecular weight is 412 g/mol. The average Bonchev–Trinajstić information content (AvgIpc) is 2.75. The first-order valence-electron chi connectivity index (χ1n) is 10.7. The molecule has 1 aromatic heterocycles. The topological polar surface area (TPSA) is 62.3 Å². The van der Waals surface area contributed by atoms with E-state index in [2.05, 4.69) is 20.5 Å². The Bertz CT molecular complexity index is 804. The van der Waals surface area contributed by atoms with Crippen LogP contribution in [0, 0.1) is 0 Å². The van der Waals surface area contributed by atoms with Crippen molar-refractivity contribution in [2.24, 2.45) is 0 Å². The first kappa shape index (κ1) is 19.9. The summed E-state index contributed by atoms with van der Waals surface area (Å²) in [5, 5.41) is 7.19. The van der Waals surface area contributed by atoms with Crippen LogP contribution in [-0.2, 0) is 0 Å². The molecule has 154 valence electrons. The molecule has 1 aliphatic carbocycles. The molecule has 0 unspecified atom stereocenters. The van der Waals surface area contributed by atoms with Crippen LogP contribution >= 0.6 is 12.2 Å². The standard InChI is InChI=1S/C22H29N5OS/c29-22(23-17-10-4-1-5-11-17)26-21-24-19(27-14-8-3-9-15-27)16-20(25-21)28-18-12-6-2-7-13-18/h2,6-7,12-13,16-17H,1,3-5,8-11,14-15H2,(H2,23,24,25,26,29). The molecule has 1 aliphatic heterocycles. The predicted octanol–water partition coefficient (Wildman–Crippen LogP) is 4.88. The van der Waals surface area contributed by atoms with E-state index in [1.54, 1.807) is 0 Å². The molecule has 1 saturated heterocycles. The number of piperidine rings is 1. The van der Waals surface area contributed by atoms with Crippen LogP contribution in [0.15, 0.2) is 36.4 Å². The fourth-order valence-electron chi connectivity index (χ4n) is 3.99. The summed E-state index contributed by atoms with van der Waals surface area (Å²) >= 11 is 5.53. The quantitative estimate of drug-likeness (QED) is 0.680. The van der Waals surface area contributed by atoms with Crippen molar-refractivity contribution < 1.29 is 4.74 Å². The lowest BCUT2D eigenvalue weighted by molar-refractivity contribution is 0.414. The number of para-hydroxylation sites is 1. The van der Waals surface area contributed by atoms with Crippen molar-refractivity contribution in [2.75, 3.05) is 23.3 Å². The van der Waals surface area contributed by atoms with Crippen LogP contribution in [0.3, 0.4) is 0 Å². The Morgan fingerprint density at radius 3 is 2.45 bits per heavy atom. The van der Waals surface area contributed by atoms with Gasteiger partial charge < -0.3 is 20.3 Å². The van der Waals surface area contributed by atoms with E-state index in [1.807, 2.05) is 36.4 Å².